The van der Waals surface area contributed by atoms with Gasteiger partial charge in [-0.05, 0) is 25.8 Å². The molecule has 2 N–H and O–H groups in total. The van der Waals surface area contributed by atoms with Gasteiger partial charge in [-0.2, -0.15) is 0 Å². The summed E-state index contributed by atoms with van der Waals surface area (Å²) in [6.07, 6.45) is 1.28. The number of nitrogens with one attached hydrogen (secondary N) is 1. The Labute approximate surface area is 110 Å². The van der Waals surface area contributed by atoms with E-state index in [1.165, 1.54) is 12.1 Å². The van der Waals surface area contributed by atoms with Crippen molar-refractivity contribution < 1.29 is 18.7 Å². The Balaban J connectivity index is 2.06. The Morgan fingerprint density at radius 2 is 2.26 bits per heavy atom. The number of hydrogen-bond acceptors (Lipinski definition) is 3. The zero-order valence-electron chi connectivity index (χ0n) is 10.6. The third-order valence-electron chi connectivity index (χ3n) is 3.59. The molecule has 1 aliphatic heterocycles. The van der Waals surface area contributed by atoms with Gasteiger partial charge < -0.3 is 5.11 Å². The Kier molecular flexibility index (Phi) is 3.82. The summed E-state index contributed by atoms with van der Waals surface area (Å²) in [5.74, 6) is -2.72. The van der Waals surface area contributed by atoms with Gasteiger partial charge in [-0.15, -0.1) is 0 Å². The molecule has 0 spiro atoms. The molecular formula is C13H16F2N2O2. The van der Waals surface area contributed by atoms with E-state index in [1.54, 1.807) is 11.9 Å². The van der Waals surface area contributed by atoms with E-state index in [0.29, 0.717) is 13.0 Å². The minimum absolute atomic E-state index is 0.0620. The minimum atomic E-state index is -0.996. The minimum Gasteiger partial charge on any atom is -0.480 e. The van der Waals surface area contributed by atoms with Crippen LogP contribution < -0.4 is 5.43 Å². The molecule has 1 fully saturated rings. The second kappa shape index (κ2) is 5.22. The van der Waals surface area contributed by atoms with Crippen molar-refractivity contribution >= 4 is 5.97 Å². The van der Waals surface area contributed by atoms with Crippen LogP contribution in [0, 0.1) is 11.6 Å². The van der Waals surface area contributed by atoms with Crippen LogP contribution in [0.2, 0.25) is 0 Å². The van der Waals surface area contributed by atoms with Gasteiger partial charge in [0, 0.05) is 18.7 Å². The maximum atomic E-state index is 13.5. The second-order valence-electron chi connectivity index (χ2n) is 4.88. The fourth-order valence-corrected chi connectivity index (χ4v) is 2.30. The first-order chi connectivity index (χ1) is 8.95. The summed E-state index contributed by atoms with van der Waals surface area (Å²) >= 11 is 0. The number of hydrazine groups is 1. The lowest BCUT2D eigenvalue weighted by atomic mass is 10.0. The number of carboxylic acids is 1. The van der Waals surface area contributed by atoms with Gasteiger partial charge in [-0.25, -0.2) is 19.2 Å². The molecule has 0 saturated carbocycles. The number of carbonyl (C=O) groups is 1. The second-order valence-corrected chi connectivity index (χ2v) is 4.88. The van der Waals surface area contributed by atoms with Crippen molar-refractivity contribution in [2.45, 2.75) is 31.8 Å². The maximum absolute atomic E-state index is 13.5. The van der Waals surface area contributed by atoms with Crippen LogP contribution in [0.3, 0.4) is 0 Å². The molecule has 0 bridgehead atoms. The lowest BCUT2D eigenvalue weighted by molar-refractivity contribution is -0.150. The number of benzene rings is 1. The predicted octanol–water partition coefficient (Wildman–Crippen LogP) is 1.91. The highest BCUT2D eigenvalue weighted by Gasteiger charge is 2.43. The molecule has 6 heteroatoms. The van der Waals surface area contributed by atoms with E-state index < -0.39 is 23.1 Å². The lowest BCUT2D eigenvalue weighted by Gasteiger charge is -2.31. The Morgan fingerprint density at radius 3 is 2.95 bits per heavy atom. The van der Waals surface area contributed by atoms with Crippen LogP contribution in [0.25, 0.3) is 0 Å². The third-order valence-corrected chi connectivity index (χ3v) is 3.59. The van der Waals surface area contributed by atoms with Crippen molar-refractivity contribution in [3.63, 3.8) is 0 Å². The maximum Gasteiger partial charge on any atom is 0.325 e. The highest BCUT2D eigenvalue weighted by molar-refractivity contribution is 5.78. The van der Waals surface area contributed by atoms with Crippen molar-refractivity contribution in [3.05, 3.63) is 35.4 Å². The van der Waals surface area contributed by atoms with Crippen LogP contribution in [-0.2, 0) is 11.3 Å². The summed E-state index contributed by atoms with van der Waals surface area (Å²) in [6, 6.07) is 3.95. The molecule has 1 saturated heterocycles. The van der Waals surface area contributed by atoms with E-state index in [4.69, 9.17) is 0 Å². The van der Waals surface area contributed by atoms with E-state index in [2.05, 4.69) is 5.43 Å². The first-order valence-electron chi connectivity index (χ1n) is 6.12. The molecule has 1 atom stereocenters. The van der Waals surface area contributed by atoms with Gasteiger partial charge in [0.2, 0.25) is 0 Å². The standard InChI is InChI=1S/C13H16F2N2O2/c1-13(12(18)19)6-3-7-17(13)16-8-9-4-2-5-10(14)11(9)15/h2,4-5,16H,3,6-8H2,1H3,(H,18,19). The van der Waals surface area contributed by atoms with Crippen molar-refractivity contribution in [2.24, 2.45) is 0 Å². The highest BCUT2D eigenvalue weighted by Crippen LogP contribution is 2.27. The predicted molar refractivity (Wildman–Crippen MR) is 65.2 cm³/mol. The van der Waals surface area contributed by atoms with Gasteiger partial charge in [-0.1, -0.05) is 12.1 Å². The number of halogens is 2. The molecule has 4 nitrogen and oxygen atoms in total. The Bertz CT molecular complexity index is 496. The first kappa shape index (κ1) is 13.9. The van der Waals surface area contributed by atoms with Crippen molar-refractivity contribution in [2.75, 3.05) is 6.54 Å². The molecule has 0 aliphatic carbocycles. The van der Waals surface area contributed by atoms with Crippen LogP contribution in [0.5, 0.6) is 0 Å². The van der Waals surface area contributed by atoms with Crippen molar-refractivity contribution in [3.8, 4) is 0 Å². The van der Waals surface area contributed by atoms with Gasteiger partial charge in [0.15, 0.2) is 11.6 Å². The number of aliphatic carboxylic acids is 1. The summed E-state index contributed by atoms with van der Waals surface area (Å²) in [5, 5.41) is 10.8. The van der Waals surface area contributed by atoms with E-state index >= 15 is 0 Å². The van der Waals surface area contributed by atoms with Gasteiger partial charge in [0.25, 0.3) is 0 Å². The Hall–Kier alpha value is -1.53. The van der Waals surface area contributed by atoms with Crippen LogP contribution >= 0.6 is 0 Å². The average Bonchev–Trinajstić information content (AvgIpc) is 2.74. The summed E-state index contributed by atoms with van der Waals surface area (Å²) in [6.45, 7) is 2.25. The molecule has 2 rings (SSSR count). The van der Waals surface area contributed by atoms with E-state index in [1.807, 2.05) is 0 Å². The molecule has 0 radical (unpaired) electrons. The molecule has 1 aromatic rings. The van der Waals surface area contributed by atoms with Gasteiger partial charge in [0.1, 0.15) is 5.54 Å². The molecule has 0 aromatic heterocycles. The number of hydrogen-bond donors (Lipinski definition) is 2. The summed E-state index contributed by atoms with van der Waals surface area (Å²) < 4.78 is 26.5. The number of rotatable bonds is 4. The molecule has 1 unspecified atom stereocenters. The first-order valence-corrected chi connectivity index (χ1v) is 6.12. The normalized spacial score (nSPS) is 23.7. The molecule has 0 amide bonds. The molecule has 1 heterocycles. The van der Waals surface area contributed by atoms with E-state index in [0.717, 1.165) is 12.5 Å². The van der Waals surface area contributed by atoms with E-state index in [9.17, 15) is 18.7 Å². The molecular weight excluding hydrogens is 254 g/mol. The Morgan fingerprint density at radius 1 is 1.53 bits per heavy atom. The molecule has 104 valence electrons. The van der Waals surface area contributed by atoms with Gasteiger partial charge in [0.05, 0.1) is 0 Å². The highest BCUT2D eigenvalue weighted by atomic mass is 19.2. The number of nitrogens with zero attached hydrogens (tertiary/aromatic N) is 1. The van der Waals surface area contributed by atoms with Crippen molar-refractivity contribution in [1.82, 2.24) is 10.4 Å². The summed E-state index contributed by atoms with van der Waals surface area (Å²) in [5.41, 5.74) is 2.07. The third kappa shape index (κ3) is 2.59. The van der Waals surface area contributed by atoms with E-state index in [-0.39, 0.29) is 12.1 Å². The smallest absolute Gasteiger partial charge is 0.325 e. The molecule has 1 aromatic carbocycles. The van der Waals surface area contributed by atoms with Crippen molar-refractivity contribution in [1.29, 1.82) is 0 Å². The van der Waals surface area contributed by atoms with Crippen LogP contribution in [0.4, 0.5) is 8.78 Å². The lowest BCUT2D eigenvalue weighted by Crippen LogP contribution is -2.54. The fourth-order valence-electron chi connectivity index (χ4n) is 2.30. The topological polar surface area (TPSA) is 52.6 Å². The fraction of sp³-hybridized carbons (Fsp3) is 0.462. The molecule has 1 aliphatic rings. The zero-order chi connectivity index (χ0) is 14.0. The summed E-state index contributed by atoms with van der Waals surface area (Å²) in [4.78, 5) is 11.3. The monoisotopic (exact) mass is 270 g/mol. The SMILES string of the molecule is CC1(C(=O)O)CCCN1NCc1cccc(F)c1F. The van der Waals surface area contributed by atoms with Crippen LogP contribution in [-0.4, -0.2) is 28.2 Å². The summed E-state index contributed by atoms with van der Waals surface area (Å²) in [7, 11) is 0. The number of carboxylic acid groups (broad SMARTS) is 1. The van der Waals surface area contributed by atoms with Gasteiger partial charge in [-0.3, -0.25) is 4.79 Å². The molecule has 19 heavy (non-hydrogen) atoms. The largest absolute Gasteiger partial charge is 0.480 e. The quantitative estimate of drug-likeness (QED) is 0.877. The van der Waals surface area contributed by atoms with Crippen LogP contribution in [0.15, 0.2) is 18.2 Å². The zero-order valence-corrected chi connectivity index (χ0v) is 10.6. The van der Waals surface area contributed by atoms with Gasteiger partial charge >= 0.3 is 5.97 Å². The average molecular weight is 270 g/mol. The van der Waals surface area contributed by atoms with Crippen LogP contribution in [0.1, 0.15) is 25.3 Å².